The Kier molecular flexibility index (Phi) is 3.59. The summed E-state index contributed by atoms with van der Waals surface area (Å²) in [5.74, 6) is 0.000816. The van der Waals surface area contributed by atoms with E-state index in [9.17, 15) is 4.79 Å². The van der Waals surface area contributed by atoms with E-state index in [0.29, 0.717) is 0 Å². The average molecular weight is 331 g/mol. The molecule has 2 atom stereocenters. The third kappa shape index (κ3) is 2.49. The fraction of sp³-hybridized carbons (Fsp3) is 0.188. The number of amides is 1. The minimum atomic E-state index is -0.308. The van der Waals surface area contributed by atoms with Gasteiger partial charge in [-0.1, -0.05) is 46.3 Å². The van der Waals surface area contributed by atoms with Crippen molar-refractivity contribution in [1.29, 1.82) is 0 Å². The van der Waals surface area contributed by atoms with Crippen molar-refractivity contribution in [1.82, 2.24) is 5.32 Å². The number of benzene rings is 2. The molecular formula is C16H15BrN2O. The number of carbonyl (C=O) groups excluding carboxylic acids is 1. The van der Waals surface area contributed by atoms with Gasteiger partial charge >= 0.3 is 0 Å². The fourth-order valence-electron chi connectivity index (χ4n) is 2.49. The maximum atomic E-state index is 12.1. The summed E-state index contributed by atoms with van der Waals surface area (Å²) in [5.41, 5.74) is 3.05. The van der Waals surface area contributed by atoms with Gasteiger partial charge in [-0.3, -0.25) is 10.1 Å². The van der Waals surface area contributed by atoms with Crippen LogP contribution in [0.5, 0.6) is 0 Å². The third-order valence-electron chi connectivity index (χ3n) is 3.56. The van der Waals surface area contributed by atoms with Crippen LogP contribution >= 0.6 is 15.9 Å². The lowest BCUT2D eigenvalue weighted by Gasteiger charge is -2.19. The standard InChI is InChI=1S/C16H15BrN2O/c1-10(11-5-3-2-4-6-11)18-15-13-9-12(17)7-8-14(13)19-16(15)20/h2-10,15,18H,1H3,(H,19,20). The molecule has 2 aromatic rings. The van der Waals surface area contributed by atoms with E-state index in [0.717, 1.165) is 15.7 Å². The van der Waals surface area contributed by atoms with E-state index in [2.05, 4.69) is 45.6 Å². The first kappa shape index (κ1) is 13.3. The van der Waals surface area contributed by atoms with E-state index >= 15 is 0 Å². The van der Waals surface area contributed by atoms with Crippen LogP contribution in [0.2, 0.25) is 0 Å². The van der Waals surface area contributed by atoms with Crippen molar-refractivity contribution in [3.63, 3.8) is 0 Å². The number of fused-ring (bicyclic) bond motifs is 1. The Balaban J connectivity index is 1.85. The summed E-state index contributed by atoms with van der Waals surface area (Å²) in [6.45, 7) is 2.07. The first-order valence-electron chi connectivity index (χ1n) is 6.56. The fourth-order valence-corrected chi connectivity index (χ4v) is 2.86. The Bertz CT molecular complexity index is 642. The first-order valence-corrected chi connectivity index (χ1v) is 7.36. The molecule has 0 radical (unpaired) electrons. The maximum Gasteiger partial charge on any atom is 0.246 e. The number of carbonyl (C=O) groups is 1. The summed E-state index contributed by atoms with van der Waals surface area (Å²) in [6, 6.07) is 15.8. The van der Waals surface area contributed by atoms with Crippen LogP contribution in [0.3, 0.4) is 0 Å². The third-order valence-corrected chi connectivity index (χ3v) is 4.05. The Morgan fingerprint density at radius 2 is 1.95 bits per heavy atom. The second-order valence-electron chi connectivity index (χ2n) is 4.95. The zero-order valence-corrected chi connectivity index (χ0v) is 12.6. The summed E-state index contributed by atoms with van der Waals surface area (Å²) < 4.78 is 0.979. The molecule has 0 saturated heterocycles. The van der Waals surface area contributed by atoms with Gasteiger partial charge in [0.15, 0.2) is 0 Å². The summed E-state index contributed by atoms with van der Waals surface area (Å²) in [6.07, 6.45) is 0. The van der Waals surface area contributed by atoms with Gasteiger partial charge in [0, 0.05) is 21.8 Å². The lowest BCUT2D eigenvalue weighted by Crippen LogP contribution is -2.29. The summed E-state index contributed by atoms with van der Waals surface area (Å²) in [7, 11) is 0. The van der Waals surface area contributed by atoms with Gasteiger partial charge in [-0.15, -0.1) is 0 Å². The van der Waals surface area contributed by atoms with E-state index in [4.69, 9.17) is 0 Å². The zero-order chi connectivity index (χ0) is 14.1. The predicted octanol–water partition coefficient (Wildman–Crippen LogP) is 3.79. The van der Waals surface area contributed by atoms with Gasteiger partial charge in [0.25, 0.3) is 0 Å². The lowest BCUT2D eigenvalue weighted by atomic mass is 10.0. The molecule has 1 heterocycles. The van der Waals surface area contributed by atoms with Gasteiger partial charge in [0.2, 0.25) is 5.91 Å². The van der Waals surface area contributed by atoms with Crippen molar-refractivity contribution in [2.75, 3.05) is 5.32 Å². The van der Waals surface area contributed by atoms with E-state index in [1.807, 2.05) is 36.4 Å². The Labute approximate surface area is 126 Å². The highest BCUT2D eigenvalue weighted by molar-refractivity contribution is 9.10. The van der Waals surface area contributed by atoms with Crippen LogP contribution < -0.4 is 10.6 Å². The van der Waals surface area contributed by atoms with Crippen molar-refractivity contribution in [3.05, 3.63) is 64.1 Å². The van der Waals surface area contributed by atoms with Crippen LogP contribution in [0.1, 0.15) is 30.1 Å². The van der Waals surface area contributed by atoms with Crippen LogP contribution in [0, 0.1) is 0 Å². The lowest BCUT2D eigenvalue weighted by molar-refractivity contribution is -0.117. The number of nitrogens with one attached hydrogen (secondary N) is 2. The zero-order valence-electron chi connectivity index (χ0n) is 11.1. The van der Waals surface area contributed by atoms with Gasteiger partial charge < -0.3 is 5.32 Å². The molecule has 2 aromatic carbocycles. The summed E-state index contributed by atoms with van der Waals surface area (Å²) in [4.78, 5) is 12.1. The van der Waals surface area contributed by atoms with E-state index < -0.39 is 0 Å². The minimum absolute atomic E-state index is 0.000816. The molecule has 2 unspecified atom stereocenters. The van der Waals surface area contributed by atoms with E-state index in [1.54, 1.807) is 0 Å². The van der Waals surface area contributed by atoms with Gasteiger partial charge in [-0.2, -0.15) is 0 Å². The number of hydrogen-bond acceptors (Lipinski definition) is 2. The number of anilines is 1. The molecule has 0 saturated carbocycles. The average Bonchev–Trinajstić information content (AvgIpc) is 2.76. The molecule has 102 valence electrons. The van der Waals surface area contributed by atoms with Crippen LogP contribution in [0.15, 0.2) is 53.0 Å². The molecule has 0 aliphatic carbocycles. The number of hydrogen-bond donors (Lipinski definition) is 2. The quantitative estimate of drug-likeness (QED) is 0.898. The largest absolute Gasteiger partial charge is 0.324 e. The molecule has 0 aromatic heterocycles. The first-order chi connectivity index (χ1) is 9.65. The number of halogens is 1. The highest BCUT2D eigenvalue weighted by atomic mass is 79.9. The van der Waals surface area contributed by atoms with E-state index in [1.165, 1.54) is 5.56 Å². The second-order valence-corrected chi connectivity index (χ2v) is 5.87. The smallest absolute Gasteiger partial charge is 0.246 e. The predicted molar refractivity (Wildman–Crippen MR) is 83.5 cm³/mol. The molecule has 3 nitrogen and oxygen atoms in total. The van der Waals surface area contributed by atoms with Gasteiger partial charge in [-0.25, -0.2) is 0 Å². The minimum Gasteiger partial charge on any atom is -0.324 e. The van der Waals surface area contributed by atoms with Crippen molar-refractivity contribution < 1.29 is 4.79 Å². The molecule has 0 bridgehead atoms. The molecule has 1 amide bonds. The Morgan fingerprint density at radius 3 is 2.70 bits per heavy atom. The molecular weight excluding hydrogens is 316 g/mol. The van der Waals surface area contributed by atoms with Crippen LogP contribution in [0.4, 0.5) is 5.69 Å². The molecule has 1 aliphatic rings. The molecule has 1 aliphatic heterocycles. The second kappa shape index (κ2) is 5.38. The summed E-state index contributed by atoms with van der Waals surface area (Å²) >= 11 is 3.46. The summed E-state index contributed by atoms with van der Waals surface area (Å²) in [5, 5.41) is 6.30. The van der Waals surface area contributed by atoms with Crippen LogP contribution in [0.25, 0.3) is 0 Å². The molecule has 0 spiro atoms. The topological polar surface area (TPSA) is 41.1 Å². The van der Waals surface area contributed by atoms with Gasteiger partial charge in [-0.05, 0) is 30.7 Å². The molecule has 20 heavy (non-hydrogen) atoms. The normalized spacial score (nSPS) is 18.5. The van der Waals surface area contributed by atoms with Gasteiger partial charge in [0.1, 0.15) is 6.04 Å². The molecule has 0 fully saturated rings. The Hall–Kier alpha value is -1.65. The van der Waals surface area contributed by atoms with Crippen molar-refractivity contribution in [3.8, 4) is 0 Å². The van der Waals surface area contributed by atoms with Crippen molar-refractivity contribution in [2.45, 2.75) is 19.0 Å². The van der Waals surface area contributed by atoms with Gasteiger partial charge in [0.05, 0.1) is 0 Å². The number of rotatable bonds is 3. The highest BCUT2D eigenvalue weighted by Gasteiger charge is 2.31. The van der Waals surface area contributed by atoms with E-state index in [-0.39, 0.29) is 18.0 Å². The molecule has 2 N–H and O–H groups in total. The molecule has 4 heteroatoms. The van der Waals surface area contributed by atoms with Crippen LogP contribution in [-0.4, -0.2) is 5.91 Å². The van der Waals surface area contributed by atoms with Crippen molar-refractivity contribution in [2.24, 2.45) is 0 Å². The van der Waals surface area contributed by atoms with Crippen molar-refractivity contribution >= 4 is 27.5 Å². The SMILES string of the molecule is CC(NC1C(=O)Nc2ccc(Br)cc21)c1ccccc1. The maximum absolute atomic E-state index is 12.1. The Morgan fingerprint density at radius 1 is 1.20 bits per heavy atom. The monoisotopic (exact) mass is 330 g/mol. The molecule has 3 rings (SSSR count). The van der Waals surface area contributed by atoms with Crippen LogP contribution in [-0.2, 0) is 4.79 Å². The highest BCUT2D eigenvalue weighted by Crippen LogP contribution is 2.34.